The number of esters is 2. The fourth-order valence-electron chi connectivity index (χ4n) is 1.54. The lowest BCUT2D eigenvalue weighted by atomic mass is 10.1. The molecule has 0 N–H and O–H groups in total. The number of hydrogen-bond acceptors (Lipinski definition) is 5. The first-order valence-corrected chi connectivity index (χ1v) is 5.08. The van der Waals surface area contributed by atoms with Gasteiger partial charge in [0.1, 0.15) is 6.10 Å². The Balaban J connectivity index is 2.71. The predicted octanol–water partition coefficient (Wildman–Crippen LogP) is 1.25. The highest BCUT2D eigenvalue weighted by Crippen LogP contribution is 2.34. The van der Waals surface area contributed by atoms with Crippen LogP contribution in [0, 0.1) is 0 Å². The summed E-state index contributed by atoms with van der Waals surface area (Å²) in [6.07, 6.45) is -3.91. The molecule has 17 heavy (non-hydrogen) atoms. The van der Waals surface area contributed by atoms with Gasteiger partial charge in [-0.05, 0) is 0 Å². The first kappa shape index (κ1) is 13.8. The summed E-state index contributed by atoms with van der Waals surface area (Å²) >= 11 is 0. The van der Waals surface area contributed by atoms with Crippen LogP contribution >= 0.6 is 0 Å². The summed E-state index contributed by atoms with van der Waals surface area (Å²) in [6.45, 7) is 2.95. The van der Waals surface area contributed by atoms with Crippen molar-refractivity contribution in [3.8, 4) is 0 Å². The van der Waals surface area contributed by atoms with E-state index in [0.29, 0.717) is 6.92 Å². The van der Waals surface area contributed by atoms with Crippen LogP contribution < -0.4 is 0 Å². The van der Waals surface area contributed by atoms with Crippen molar-refractivity contribution in [1.82, 2.24) is 0 Å². The number of alkyl halides is 2. The van der Waals surface area contributed by atoms with E-state index in [4.69, 9.17) is 9.47 Å². The highest BCUT2D eigenvalue weighted by atomic mass is 19.3. The lowest BCUT2D eigenvalue weighted by Crippen LogP contribution is -2.31. The van der Waals surface area contributed by atoms with Crippen LogP contribution in [0.2, 0.25) is 0 Å². The van der Waals surface area contributed by atoms with Crippen molar-refractivity contribution in [3.05, 3.63) is 0 Å². The van der Waals surface area contributed by atoms with Crippen molar-refractivity contribution >= 4 is 11.9 Å². The summed E-state index contributed by atoms with van der Waals surface area (Å²) in [5.41, 5.74) is 0. The molecule has 1 aliphatic heterocycles. The number of hydrogen-bond donors (Lipinski definition) is 0. The molecule has 0 aromatic rings. The minimum absolute atomic E-state index is 0.207. The number of carbonyl (C=O) groups excluding carboxylic acids is 2. The zero-order valence-corrected chi connectivity index (χ0v) is 9.74. The SMILES string of the molecule is CC(=O)O[C@@H]1O[C@H](C(C)(F)F)C[C@H]1OC(C)=O. The Bertz CT molecular complexity index is 288. The molecular formula is C10H14F2O5. The monoisotopic (exact) mass is 252 g/mol. The third-order valence-electron chi connectivity index (χ3n) is 2.21. The van der Waals surface area contributed by atoms with E-state index in [2.05, 4.69) is 4.74 Å². The largest absolute Gasteiger partial charge is 0.456 e. The van der Waals surface area contributed by atoms with Crippen LogP contribution in [-0.2, 0) is 23.8 Å². The Hall–Kier alpha value is -1.24. The number of ether oxygens (including phenoxy) is 3. The van der Waals surface area contributed by atoms with Gasteiger partial charge in [0, 0.05) is 27.2 Å². The Morgan fingerprint density at radius 1 is 1.24 bits per heavy atom. The maximum atomic E-state index is 13.0. The molecule has 1 aliphatic rings. The summed E-state index contributed by atoms with van der Waals surface area (Å²) in [7, 11) is 0. The normalized spacial score (nSPS) is 28.9. The summed E-state index contributed by atoms with van der Waals surface area (Å²) in [4.78, 5) is 21.5. The molecular weight excluding hydrogens is 238 g/mol. The lowest BCUT2D eigenvalue weighted by Gasteiger charge is -2.19. The molecule has 0 saturated carbocycles. The van der Waals surface area contributed by atoms with Crippen molar-refractivity contribution in [1.29, 1.82) is 0 Å². The van der Waals surface area contributed by atoms with Crippen LogP contribution in [0.5, 0.6) is 0 Å². The molecule has 1 fully saturated rings. The summed E-state index contributed by atoms with van der Waals surface area (Å²) in [5, 5.41) is 0. The van der Waals surface area contributed by atoms with Crippen LogP contribution in [0.25, 0.3) is 0 Å². The third kappa shape index (κ3) is 3.92. The van der Waals surface area contributed by atoms with Crippen molar-refractivity contribution in [2.24, 2.45) is 0 Å². The minimum Gasteiger partial charge on any atom is -0.456 e. The first-order valence-electron chi connectivity index (χ1n) is 5.08. The van der Waals surface area contributed by atoms with Gasteiger partial charge in [-0.25, -0.2) is 8.78 Å². The van der Waals surface area contributed by atoms with Gasteiger partial charge in [0.15, 0.2) is 6.10 Å². The van der Waals surface area contributed by atoms with Crippen molar-refractivity contribution in [2.45, 2.75) is 51.6 Å². The number of rotatable bonds is 3. The number of carbonyl (C=O) groups is 2. The molecule has 0 radical (unpaired) electrons. The van der Waals surface area contributed by atoms with Crippen LogP contribution in [0.4, 0.5) is 8.78 Å². The molecule has 1 rings (SSSR count). The summed E-state index contributed by atoms with van der Waals surface area (Å²) in [5.74, 6) is -4.42. The molecule has 7 heteroatoms. The second-order valence-corrected chi connectivity index (χ2v) is 3.94. The highest BCUT2D eigenvalue weighted by molar-refractivity contribution is 5.67. The molecule has 5 nitrogen and oxygen atoms in total. The van der Waals surface area contributed by atoms with Crippen molar-refractivity contribution in [3.63, 3.8) is 0 Å². The average Bonchev–Trinajstić information content (AvgIpc) is 2.45. The van der Waals surface area contributed by atoms with E-state index in [9.17, 15) is 18.4 Å². The van der Waals surface area contributed by atoms with Crippen LogP contribution in [0.1, 0.15) is 27.2 Å². The summed E-state index contributed by atoms with van der Waals surface area (Å²) in [6, 6.07) is 0. The van der Waals surface area contributed by atoms with E-state index >= 15 is 0 Å². The fourth-order valence-corrected chi connectivity index (χ4v) is 1.54. The van der Waals surface area contributed by atoms with E-state index in [1.807, 2.05) is 0 Å². The second kappa shape index (κ2) is 4.95. The van der Waals surface area contributed by atoms with Gasteiger partial charge in [0.05, 0.1) is 0 Å². The van der Waals surface area contributed by atoms with Gasteiger partial charge < -0.3 is 14.2 Å². The molecule has 3 atom stereocenters. The zero-order chi connectivity index (χ0) is 13.2. The van der Waals surface area contributed by atoms with Gasteiger partial charge in [0.2, 0.25) is 6.29 Å². The maximum Gasteiger partial charge on any atom is 0.305 e. The van der Waals surface area contributed by atoms with Crippen molar-refractivity contribution in [2.75, 3.05) is 0 Å². The minimum atomic E-state index is -3.09. The fraction of sp³-hybridized carbons (Fsp3) is 0.800. The molecule has 0 bridgehead atoms. The lowest BCUT2D eigenvalue weighted by molar-refractivity contribution is -0.209. The van der Waals surface area contributed by atoms with Crippen LogP contribution in [-0.4, -0.2) is 36.4 Å². The number of halogens is 2. The Morgan fingerprint density at radius 3 is 2.18 bits per heavy atom. The molecule has 0 aromatic heterocycles. The van der Waals surface area contributed by atoms with Crippen LogP contribution in [0.15, 0.2) is 0 Å². The van der Waals surface area contributed by atoms with Gasteiger partial charge >= 0.3 is 11.9 Å². The Labute approximate surface area is 97.0 Å². The van der Waals surface area contributed by atoms with Gasteiger partial charge in [-0.3, -0.25) is 9.59 Å². The van der Waals surface area contributed by atoms with E-state index in [1.54, 1.807) is 0 Å². The standard InChI is InChI=1S/C10H14F2O5/c1-5(13)15-7-4-8(10(3,11)12)17-9(7)16-6(2)14/h7-9H,4H2,1-3H3/t7-,8+,9-/m1/s1. The summed E-state index contributed by atoms with van der Waals surface area (Å²) < 4.78 is 40.4. The quantitative estimate of drug-likeness (QED) is 0.707. The Kier molecular flexibility index (Phi) is 4.03. The molecule has 1 saturated heterocycles. The molecule has 0 aliphatic carbocycles. The van der Waals surface area contributed by atoms with Gasteiger partial charge in [-0.2, -0.15) is 0 Å². The molecule has 98 valence electrons. The van der Waals surface area contributed by atoms with Gasteiger partial charge in [0.25, 0.3) is 5.92 Å². The van der Waals surface area contributed by atoms with E-state index in [1.165, 1.54) is 0 Å². The van der Waals surface area contributed by atoms with Crippen LogP contribution in [0.3, 0.4) is 0 Å². The highest BCUT2D eigenvalue weighted by Gasteiger charge is 2.49. The van der Waals surface area contributed by atoms with Gasteiger partial charge in [-0.15, -0.1) is 0 Å². The molecule has 1 heterocycles. The van der Waals surface area contributed by atoms with E-state index < -0.39 is 36.4 Å². The van der Waals surface area contributed by atoms with Crippen molar-refractivity contribution < 1.29 is 32.6 Å². The third-order valence-corrected chi connectivity index (χ3v) is 2.21. The predicted molar refractivity (Wildman–Crippen MR) is 51.2 cm³/mol. The van der Waals surface area contributed by atoms with E-state index in [-0.39, 0.29) is 6.42 Å². The van der Waals surface area contributed by atoms with Gasteiger partial charge in [-0.1, -0.05) is 0 Å². The first-order chi connectivity index (χ1) is 7.70. The smallest absolute Gasteiger partial charge is 0.305 e. The Morgan fingerprint density at radius 2 is 1.76 bits per heavy atom. The average molecular weight is 252 g/mol. The second-order valence-electron chi connectivity index (χ2n) is 3.94. The topological polar surface area (TPSA) is 61.8 Å². The molecule has 0 spiro atoms. The zero-order valence-electron chi connectivity index (χ0n) is 9.74. The molecule has 0 amide bonds. The molecule has 0 unspecified atom stereocenters. The van der Waals surface area contributed by atoms with E-state index in [0.717, 1.165) is 13.8 Å². The molecule has 0 aromatic carbocycles. The maximum absolute atomic E-state index is 13.0.